The van der Waals surface area contributed by atoms with Crippen molar-refractivity contribution in [1.82, 2.24) is 9.97 Å². The minimum Gasteiger partial charge on any atom is -0.318 e. The topological polar surface area (TPSA) is 42.9 Å². The molecule has 29 heavy (non-hydrogen) atoms. The average Bonchev–Trinajstić information content (AvgIpc) is 2.74. The van der Waals surface area contributed by atoms with E-state index in [1.54, 1.807) is 42.1 Å². The van der Waals surface area contributed by atoms with Gasteiger partial charge in [0.2, 0.25) is 0 Å². The molecule has 4 aromatic rings. The Labute approximate surface area is 190 Å². The molecule has 2 aliphatic heterocycles. The molecule has 0 bridgehead atoms. The zero-order valence-corrected chi connectivity index (χ0v) is 19.8. The molecule has 143 valence electrons. The van der Waals surface area contributed by atoms with E-state index in [0.717, 1.165) is 46.8 Å². The molecule has 0 saturated carbocycles. The van der Waals surface area contributed by atoms with Gasteiger partial charge in [0.1, 0.15) is 7.14 Å². The molecule has 1 aromatic heterocycles. The van der Waals surface area contributed by atoms with Crippen LogP contribution in [0.3, 0.4) is 0 Å². The molecule has 3 heterocycles. The summed E-state index contributed by atoms with van der Waals surface area (Å²) in [6.07, 6.45) is 5.09. The van der Waals surface area contributed by atoms with Gasteiger partial charge in [-0.2, -0.15) is 0 Å². The Bertz CT molecular complexity index is 1240. The first-order valence-electron chi connectivity index (χ1n) is 8.77. The van der Waals surface area contributed by atoms with Crippen molar-refractivity contribution in [2.75, 3.05) is 0 Å². The predicted molar refractivity (Wildman–Crippen MR) is 114 cm³/mol. The first kappa shape index (κ1) is 19.3. The Balaban J connectivity index is 0.00000181. The number of hydrogen-bond donors (Lipinski definition) is 0. The molecule has 1 atom stereocenters. The van der Waals surface area contributed by atoms with Crippen molar-refractivity contribution in [3.05, 3.63) is 79.3 Å². The molecule has 0 aliphatic carbocycles. The zero-order valence-electron chi connectivity index (χ0n) is 14.8. The van der Waals surface area contributed by atoms with Crippen LogP contribution in [0.5, 0.6) is 0 Å². The number of rotatable bonds is 1. The van der Waals surface area contributed by atoms with Crippen molar-refractivity contribution in [2.45, 2.75) is 19.6 Å². The summed E-state index contributed by atoms with van der Waals surface area (Å²) in [5, 5.41) is 2.79. The van der Waals surface area contributed by atoms with Crippen LogP contribution in [0.25, 0.3) is 11.3 Å². The maximum Gasteiger partial charge on any atom is 0.139 e. The van der Waals surface area contributed by atoms with Gasteiger partial charge in [0.05, 0.1) is 0 Å². The summed E-state index contributed by atoms with van der Waals surface area (Å²) in [5.74, 6) is 0. The summed E-state index contributed by atoms with van der Waals surface area (Å²) in [4.78, 5) is 12.7. The SMILES string of the molecule is O=P12c3ccccc3Sc3[c-]c(-c4cnccn4)cc(c31)Sc1ccccc12.[Ir]. The van der Waals surface area contributed by atoms with Crippen LogP contribution < -0.4 is 15.9 Å². The fourth-order valence-corrected chi connectivity index (χ4v) is 10.6. The Morgan fingerprint density at radius 1 is 0.862 bits per heavy atom. The molecule has 1 unspecified atom stereocenters. The van der Waals surface area contributed by atoms with Crippen LogP contribution in [0.1, 0.15) is 0 Å². The molecule has 3 nitrogen and oxygen atoms in total. The van der Waals surface area contributed by atoms with Gasteiger partial charge in [-0.25, -0.2) is 0 Å². The summed E-state index contributed by atoms with van der Waals surface area (Å²) in [5.41, 5.74) is 1.66. The van der Waals surface area contributed by atoms with E-state index in [4.69, 9.17) is 0 Å². The molecule has 1 radical (unpaired) electrons. The van der Waals surface area contributed by atoms with E-state index in [1.807, 2.05) is 36.4 Å². The van der Waals surface area contributed by atoms with Crippen molar-refractivity contribution < 1.29 is 24.7 Å². The number of aromatic nitrogens is 2. The average molecular weight is 608 g/mol. The fraction of sp³-hybridized carbons (Fsp3) is 0. The zero-order chi connectivity index (χ0) is 18.7. The number of fused-ring (bicyclic) bond motifs is 4. The summed E-state index contributed by atoms with van der Waals surface area (Å²) >= 11 is 3.32. The van der Waals surface area contributed by atoms with E-state index in [-0.39, 0.29) is 20.1 Å². The van der Waals surface area contributed by atoms with Crippen LogP contribution in [-0.4, -0.2) is 9.97 Å². The molecule has 0 fully saturated rings. The number of nitrogens with zero attached hydrogens (tertiary/aromatic N) is 2. The predicted octanol–water partition coefficient (Wildman–Crippen LogP) is 4.51. The van der Waals surface area contributed by atoms with Crippen LogP contribution in [0.2, 0.25) is 0 Å². The fourth-order valence-electron chi connectivity index (χ4n) is 3.76. The van der Waals surface area contributed by atoms with Gasteiger partial charge in [0.25, 0.3) is 0 Å². The van der Waals surface area contributed by atoms with Gasteiger partial charge in [-0.1, -0.05) is 46.2 Å². The maximum atomic E-state index is 14.7. The number of benzene rings is 3. The largest absolute Gasteiger partial charge is 0.318 e. The molecule has 2 aliphatic rings. The summed E-state index contributed by atoms with van der Waals surface area (Å²) < 4.78 is 14.7. The van der Waals surface area contributed by atoms with Crippen molar-refractivity contribution in [3.63, 3.8) is 0 Å². The van der Waals surface area contributed by atoms with E-state index in [0.29, 0.717) is 0 Å². The quantitative estimate of drug-likeness (QED) is 0.203. The molecule has 0 N–H and O–H groups in total. The second kappa shape index (κ2) is 7.23. The first-order chi connectivity index (χ1) is 13.7. The van der Waals surface area contributed by atoms with Crippen LogP contribution in [0.4, 0.5) is 0 Å². The van der Waals surface area contributed by atoms with E-state index >= 15 is 0 Å². The normalized spacial score (nSPS) is 18.1. The third-order valence-corrected chi connectivity index (χ3v) is 11.0. The molecular formula is C22H12IrN2OPS2-. The Hall–Kier alpha value is -1.68. The van der Waals surface area contributed by atoms with Crippen molar-refractivity contribution in [1.29, 1.82) is 0 Å². The van der Waals surface area contributed by atoms with Gasteiger partial charge in [-0.05, 0) is 17.4 Å². The summed E-state index contributed by atoms with van der Waals surface area (Å²) in [7, 11) is -2.94. The molecule has 0 saturated heterocycles. The third-order valence-electron chi connectivity index (χ3n) is 4.97. The Morgan fingerprint density at radius 3 is 2.24 bits per heavy atom. The van der Waals surface area contributed by atoms with E-state index in [9.17, 15) is 4.57 Å². The van der Waals surface area contributed by atoms with Crippen molar-refractivity contribution in [3.8, 4) is 11.3 Å². The van der Waals surface area contributed by atoms with Gasteiger partial charge in [0, 0.05) is 64.8 Å². The number of hydrogen-bond acceptors (Lipinski definition) is 5. The van der Waals surface area contributed by atoms with E-state index < -0.39 is 7.14 Å². The van der Waals surface area contributed by atoms with E-state index in [1.165, 1.54) is 0 Å². The van der Waals surface area contributed by atoms with Crippen LogP contribution >= 0.6 is 30.7 Å². The van der Waals surface area contributed by atoms with Gasteiger partial charge < -0.3 is 9.55 Å². The minimum absolute atomic E-state index is 0. The van der Waals surface area contributed by atoms with Crippen molar-refractivity contribution in [2.24, 2.45) is 0 Å². The van der Waals surface area contributed by atoms with Gasteiger partial charge in [-0.15, -0.1) is 41.2 Å². The minimum atomic E-state index is -2.94. The van der Waals surface area contributed by atoms with Crippen LogP contribution in [-0.2, 0) is 24.7 Å². The molecule has 0 spiro atoms. The third kappa shape index (κ3) is 2.82. The Kier molecular flexibility index (Phi) is 4.81. The molecule has 6 rings (SSSR count). The molecule has 3 aromatic carbocycles. The summed E-state index contributed by atoms with van der Waals surface area (Å²) in [6, 6.07) is 21.7. The summed E-state index contributed by atoms with van der Waals surface area (Å²) in [6.45, 7) is 0. The van der Waals surface area contributed by atoms with Gasteiger partial charge in [-0.3, -0.25) is 4.98 Å². The second-order valence-corrected chi connectivity index (χ2v) is 11.3. The van der Waals surface area contributed by atoms with E-state index in [2.05, 4.69) is 34.2 Å². The molecule has 0 amide bonds. The standard InChI is InChI=1S/C22H12N2OPS2.Ir/c25-26-16-5-1-3-7-18(16)27-20-11-14(15-13-23-9-10-24-15)12-21(22(20)26)28-19-8-4-2-6-17(19)26;/h1-11,13H;/q-1;. The van der Waals surface area contributed by atoms with Crippen LogP contribution in [0, 0.1) is 6.07 Å². The second-order valence-electron chi connectivity index (χ2n) is 6.56. The van der Waals surface area contributed by atoms with Crippen LogP contribution in [0.15, 0.2) is 92.8 Å². The smallest absolute Gasteiger partial charge is 0.139 e. The molecular weight excluding hydrogens is 596 g/mol. The van der Waals surface area contributed by atoms with Gasteiger partial charge >= 0.3 is 0 Å². The van der Waals surface area contributed by atoms with Crippen molar-refractivity contribution >= 4 is 46.6 Å². The monoisotopic (exact) mass is 608 g/mol. The maximum absolute atomic E-state index is 14.7. The first-order valence-corrected chi connectivity index (χ1v) is 12.1. The Morgan fingerprint density at radius 2 is 1.55 bits per heavy atom. The van der Waals surface area contributed by atoms with Gasteiger partial charge in [0.15, 0.2) is 0 Å². The molecule has 7 heteroatoms.